The van der Waals surface area contributed by atoms with Crippen molar-refractivity contribution in [1.82, 2.24) is 0 Å². The molecule has 0 heteroatoms. The minimum Gasteiger partial charge on any atom is -0.0625 e. The molecule has 0 heterocycles. The van der Waals surface area contributed by atoms with Crippen molar-refractivity contribution in [3.05, 3.63) is 0 Å². The highest BCUT2D eigenvalue weighted by atomic mass is 14.4. The van der Waals surface area contributed by atoms with Crippen LogP contribution in [0.5, 0.6) is 0 Å². The lowest BCUT2D eigenvalue weighted by atomic mass is 9.64. The first-order chi connectivity index (χ1) is 5.77. The molecule has 0 nitrogen and oxygen atoms in total. The van der Waals surface area contributed by atoms with E-state index in [0.29, 0.717) is 0 Å². The van der Waals surface area contributed by atoms with Crippen LogP contribution in [0.1, 0.15) is 52.4 Å². The van der Waals surface area contributed by atoms with Gasteiger partial charge in [0.25, 0.3) is 0 Å². The predicted octanol–water partition coefficient (Wildman–Crippen LogP) is 3.86. The summed E-state index contributed by atoms with van der Waals surface area (Å²) >= 11 is 0. The van der Waals surface area contributed by atoms with Crippen LogP contribution in [0.15, 0.2) is 0 Å². The third kappa shape index (κ3) is 1.53. The molecule has 0 aromatic rings. The Balaban J connectivity index is 1.99. The Labute approximate surface area is 76.7 Å². The molecule has 0 aromatic carbocycles. The average molecular weight is 166 g/mol. The van der Waals surface area contributed by atoms with Crippen molar-refractivity contribution in [2.75, 3.05) is 0 Å². The minimum absolute atomic E-state index is 1.02. The van der Waals surface area contributed by atoms with E-state index in [-0.39, 0.29) is 0 Å². The Kier molecular flexibility index (Phi) is 2.43. The van der Waals surface area contributed by atoms with Crippen LogP contribution < -0.4 is 0 Å². The largest absolute Gasteiger partial charge is 0.0625 e. The lowest BCUT2D eigenvalue weighted by Crippen LogP contribution is -2.31. The summed E-state index contributed by atoms with van der Waals surface area (Å²) in [6.07, 6.45) is 9.14. The van der Waals surface area contributed by atoms with Crippen LogP contribution in [0.3, 0.4) is 0 Å². The van der Waals surface area contributed by atoms with E-state index in [1.807, 2.05) is 0 Å². The summed E-state index contributed by atoms with van der Waals surface area (Å²) in [6.45, 7) is 4.92. The van der Waals surface area contributed by atoms with Crippen molar-refractivity contribution < 1.29 is 0 Å². The van der Waals surface area contributed by atoms with Crippen LogP contribution in [0.4, 0.5) is 0 Å². The van der Waals surface area contributed by atoms with Crippen molar-refractivity contribution in [2.24, 2.45) is 23.7 Å². The van der Waals surface area contributed by atoms with Gasteiger partial charge in [0.15, 0.2) is 0 Å². The van der Waals surface area contributed by atoms with E-state index in [1.165, 1.54) is 32.1 Å². The summed E-state index contributed by atoms with van der Waals surface area (Å²) in [5.74, 6) is 4.28. The van der Waals surface area contributed by atoms with E-state index in [4.69, 9.17) is 0 Å². The fourth-order valence-electron chi connectivity index (χ4n) is 3.52. The van der Waals surface area contributed by atoms with Crippen molar-refractivity contribution in [2.45, 2.75) is 52.4 Å². The third-order valence-electron chi connectivity index (χ3n) is 4.27. The van der Waals surface area contributed by atoms with E-state index in [2.05, 4.69) is 13.8 Å². The maximum atomic E-state index is 2.48. The summed E-state index contributed by atoms with van der Waals surface area (Å²) in [5.41, 5.74) is 0. The van der Waals surface area contributed by atoms with Gasteiger partial charge < -0.3 is 0 Å². The SMILES string of the molecule is C[C@H]1CC[C@H]2[C@H](CCC[C@H]2C)C1. The molecule has 2 rings (SSSR count). The van der Waals surface area contributed by atoms with Crippen molar-refractivity contribution in [1.29, 1.82) is 0 Å². The standard InChI is InChI=1S/C12H22/c1-9-6-7-12-10(2)4-3-5-11(12)8-9/h9-12H,3-8H2,1-2H3/t9-,10+,11+,12+/m0/s1. The Hall–Kier alpha value is 0. The summed E-state index contributed by atoms with van der Waals surface area (Å²) in [4.78, 5) is 0. The molecule has 2 aliphatic rings. The van der Waals surface area contributed by atoms with Crippen molar-refractivity contribution >= 4 is 0 Å². The Morgan fingerprint density at radius 2 is 1.75 bits per heavy atom. The molecule has 0 unspecified atom stereocenters. The van der Waals surface area contributed by atoms with Gasteiger partial charge in [0.05, 0.1) is 0 Å². The molecule has 0 amide bonds. The molecule has 2 saturated carbocycles. The molecule has 0 radical (unpaired) electrons. The highest BCUT2D eigenvalue weighted by Crippen LogP contribution is 2.45. The number of hydrogen-bond acceptors (Lipinski definition) is 0. The molecule has 0 spiro atoms. The van der Waals surface area contributed by atoms with Crippen LogP contribution in [0.25, 0.3) is 0 Å². The van der Waals surface area contributed by atoms with E-state index in [1.54, 1.807) is 6.42 Å². The second-order valence-electron chi connectivity index (χ2n) is 5.25. The monoisotopic (exact) mass is 166 g/mol. The average Bonchev–Trinajstić information content (AvgIpc) is 2.04. The summed E-state index contributed by atoms with van der Waals surface area (Å²) in [5, 5.41) is 0. The zero-order valence-electron chi connectivity index (χ0n) is 8.55. The van der Waals surface area contributed by atoms with Gasteiger partial charge in [-0.25, -0.2) is 0 Å². The molecule has 0 bridgehead atoms. The molecular weight excluding hydrogens is 144 g/mol. The minimum atomic E-state index is 1.02. The fourth-order valence-corrected chi connectivity index (χ4v) is 3.52. The fraction of sp³-hybridized carbons (Fsp3) is 1.00. The molecule has 12 heavy (non-hydrogen) atoms. The lowest BCUT2D eigenvalue weighted by Gasteiger charge is -2.42. The summed E-state index contributed by atoms with van der Waals surface area (Å²) < 4.78 is 0. The van der Waals surface area contributed by atoms with Gasteiger partial charge in [-0.15, -0.1) is 0 Å². The van der Waals surface area contributed by atoms with Gasteiger partial charge in [0.2, 0.25) is 0 Å². The number of fused-ring (bicyclic) bond motifs is 1. The van der Waals surface area contributed by atoms with Crippen LogP contribution in [0, 0.1) is 23.7 Å². The van der Waals surface area contributed by atoms with Crippen LogP contribution in [-0.2, 0) is 0 Å². The van der Waals surface area contributed by atoms with Gasteiger partial charge in [-0.05, 0) is 36.5 Å². The van der Waals surface area contributed by atoms with Crippen LogP contribution in [0.2, 0.25) is 0 Å². The molecule has 4 atom stereocenters. The zero-order chi connectivity index (χ0) is 8.55. The Morgan fingerprint density at radius 1 is 0.917 bits per heavy atom. The molecule has 0 saturated heterocycles. The zero-order valence-corrected chi connectivity index (χ0v) is 8.55. The van der Waals surface area contributed by atoms with Crippen LogP contribution in [-0.4, -0.2) is 0 Å². The summed E-state index contributed by atoms with van der Waals surface area (Å²) in [6, 6.07) is 0. The first kappa shape index (κ1) is 8.59. The van der Waals surface area contributed by atoms with Gasteiger partial charge in [-0.1, -0.05) is 39.5 Å². The van der Waals surface area contributed by atoms with Gasteiger partial charge in [-0.3, -0.25) is 0 Å². The second-order valence-corrected chi connectivity index (χ2v) is 5.25. The predicted molar refractivity (Wildman–Crippen MR) is 53.0 cm³/mol. The molecule has 2 fully saturated rings. The quantitative estimate of drug-likeness (QED) is 0.512. The molecule has 0 N–H and O–H groups in total. The maximum absolute atomic E-state index is 2.48. The molecular formula is C12H22. The van der Waals surface area contributed by atoms with Gasteiger partial charge in [0, 0.05) is 0 Å². The normalized spacial score (nSPS) is 48.5. The van der Waals surface area contributed by atoms with E-state index < -0.39 is 0 Å². The number of hydrogen-bond donors (Lipinski definition) is 0. The summed E-state index contributed by atoms with van der Waals surface area (Å²) in [7, 11) is 0. The Bertz CT molecular complexity index is 150. The van der Waals surface area contributed by atoms with Crippen LogP contribution >= 0.6 is 0 Å². The topological polar surface area (TPSA) is 0 Å². The molecule has 2 aliphatic carbocycles. The third-order valence-corrected chi connectivity index (χ3v) is 4.27. The lowest BCUT2D eigenvalue weighted by molar-refractivity contribution is 0.0892. The molecule has 0 aromatic heterocycles. The van der Waals surface area contributed by atoms with Gasteiger partial charge in [-0.2, -0.15) is 0 Å². The highest BCUT2D eigenvalue weighted by molar-refractivity contribution is 4.85. The molecule has 0 aliphatic heterocycles. The van der Waals surface area contributed by atoms with E-state index in [0.717, 1.165) is 23.7 Å². The second kappa shape index (κ2) is 3.40. The number of rotatable bonds is 0. The maximum Gasteiger partial charge on any atom is -0.0360 e. The van der Waals surface area contributed by atoms with E-state index in [9.17, 15) is 0 Å². The Morgan fingerprint density at radius 3 is 2.58 bits per heavy atom. The van der Waals surface area contributed by atoms with Crippen molar-refractivity contribution in [3.63, 3.8) is 0 Å². The van der Waals surface area contributed by atoms with E-state index >= 15 is 0 Å². The smallest absolute Gasteiger partial charge is 0.0360 e. The highest BCUT2D eigenvalue weighted by Gasteiger charge is 2.34. The molecule has 70 valence electrons. The van der Waals surface area contributed by atoms with Gasteiger partial charge in [0.1, 0.15) is 0 Å². The van der Waals surface area contributed by atoms with Gasteiger partial charge >= 0.3 is 0 Å². The first-order valence-electron chi connectivity index (χ1n) is 5.77. The first-order valence-corrected chi connectivity index (χ1v) is 5.77. The van der Waals surface area contributed by atoms with Crippen molar-refractivity contribution in [3.8, 4) is 0 Å².